The van der Waals surface area contributed by atoms with E-state index in [4.69, 9.17) is 4.98 Å². The quantitative estimate of drug-likeness (QED) is 0.641. The summed E-state index contributed by atoms with van der Waals surface area (Å²) >= 11 is 3.56. The lowest BCUT2D eigenvalue weighted by molar-refractivity contribution is 0.629. The number of aromatic nitrogens is 1. The van der Waals surface area contributed by atoms with Gasteiger partial charge in [0.05, 0.1) is 5.52 Å². The molecule has 2 heteroatoms. The zero-order valence-corrected chi connectivity index (χ0v) is 12.5. The highest BCUT2D eigenvalue weighted by Crippen LogP contribution is 2.22. The van der Waals surface area contributed by atoms with Crippen LogP contribution in [0.5, 0.6) is 0 Å². The van der Waals surface area contributed by atoms with Gasteiger partial charge in [0, 0.05) is 15.6 Å². The number of nitrogens with zero attached hydrogens (tertiary/aromatic N) is 1. The van der Waals surface area contributed by atoms with E-state index in [2.05, 4.69) is 47.1 Å². The van der Waals surface area contributed by atoms with Crippen LogP contribution in [0.25, 0.3) is 10.9 Å². The molecule has 2 rings (SSSR count). The largest absolute Gasteiger partial charge is 0.253 e. The van der Waals surface area contributed by atoms with Gasteiger partial charge in [0.1, 0.15) is 0 Å². The third-order valence-electron chi connectivity index (χ3n) is 3.27. The van der Waals surface area contributed by atoms with E-state index in [-0.39, 0.29) is 0 Å². The maximum atomic E-state index is 4.72. The van der Waals surface area contributed by atoms with Crippen LogP contribution in [-0.4, -0.2) is 4.98 Å². The number of pyridine rings is 1. The van der Waals surface area contributed by atoms with Gasteiger partial charge in [-0.2, -0.15) is 0 Å². The highest BCUT2D eigenvalue weighted by atomic mass is 79.9. The maximum absolute atomic E-state index is 4.72. The van der Waals surface area contributed by atoms with E-state index >= 15 is 0 Å². The van der Waals surface area contributed by atoms with Crippen molar-refractivity contribution in [2.45, 2.75) is 45.4 Å². The number of benzene rings is 1. The molecular weight excluding hydrogens is 286 g/mol. The van der Waals surface area contributed by atoms with Crippen LogP contribution in [0.2, 0.25) is 0 Å². The van der Waals surface area contributed by atoms with Crippen LogP contribution in [0.15, 0.2) is 34.8 Å². The van der Waals surface area contributed by atoms with Crippen molar-refractivity contribution in [2.24, 2.45) is 0 Å². The van der Waals surface area contributed by atoms with Crippen LogP contribution in [-0.2, 0) is 6.42 Å². The van der Waals surface area contributed by atoms with Crippen molar-refractivity contribution in [1.29, 1.82) is 0 Å². The Labute approximate surface area is 118 Å². The summed E-state index contributed by atoms with van der Waals surface area (Å²) < 4.78 is 1.13. The number of halogens is 1. The van der Waals surface area contributed by atoms with Gasteiger partial charge in [-0.25, -0.2) is 0 Å². The molecule has 0 aliphatic rings. The fourth-order valence-electron chi connectivity index (χ4n) is 2.21. The zero-order chi connectivity index (χ0) is 12.8. The molecule has 1 heterocycles. The summed E-state index contributed by atoms with van der Waals surface area (Å²) in [6, 6.07) is 10.5. The van der Waals surface area contributed by atoms with Crippen molar-refractivity contribution in [3.8, 4) is 0 Å². The summed E-state index contributed by atoms with van der Waals surface area (Å²) in [5.74, 6) is 0. The van der Waals surface area contributed by atoms with E-state index in [9.17, 15) is 0 Å². The first-order chi connectivity index (χ1) is 8.81. The van der Waals surface area contributed by atoms with E-state index < -0.39 is 0 Å². The lowest BCUT2D eigenvalue weighted by atomic mass is 10.1. The number of hydrogen-bond acceptors (Lipinski definition) is 1. The first-order valence-electron chi connectivity index (χ1n) is 6.85. The Balaban J connectivity index is 1.98. The summed E-state index contributed by atoms with van der Waals surface area (Å²) in [4.78, 5) is 4.72. The Bertz CT molecular complexity index is 507. The molecule has 0 amide bonds. The number of rotatable bonds is 6. The van der Waals surface area contributed by atoms with Crippen molar-refractivity contribution >= 4 is 26.8 Å². The van der Waals surface area contributed by atoms with E-state index in [1.54, 1.807) is 0 Å². The standard InChI is InChI=1S/C16H20BrN/c1-2-3-4-5-6-8-13-11-12-14-15(17)9-7-10-16(14)18-13/h7,9-12H,2-6,8H2,1H3. The predicted molar refractivity (Wildman–Crippen MR) is 81.9 cm³/mol. The van der Waals surface area contributed by atoms with Crippen LogP contribution in [0.3, 0.4) is 0 Å². The van der Waals surface area contributed by atoms with Gasteiger partial charge >= 0.3 is 0 Å². The van der Waals surface area contributed by atoms with E-state index in [1.165, 1.54) is 43.2 Å². The van der Waals surface area contributed by atoms with Gasteiger partial charge in [-0.1, -0.05) is 54.6 Å². The Hall–Kier alpha value is -0.890. The van der Waals surface area contributed by atoms with Gasteiger partial charge in [0.2, 0.25) is 0 Å². The van der Waals surface area contributed by atoms with Crippen LogP contribution in [0.1, 0.15) is 44.7 Å². The summed E-state index contributed by atoms with van der Waals surface area (Å²) in [6.45, 7) is 2.25. The molecule has 0 fully saturated rings. The van der Waals surface area contributed by atoms with Crippen LogP contribution < -0.4 is 0 Å². The fourth-order valence-corrected chi connectivity index (χ4v) is 2.70. The van der Waals surface area contributed by atoms with Crippen LogP contribution in [0.4, 0.5) is 0 Å². The topological polar surface area (TPSA) is 12.9 Å². The predicted octanol–water partition coefficient (Wildman–Crippen LogP) is 5.51. The molecule has 0 unspecified atom stereocenters. The average molecular weight is 306 g/mol. The van der Waals surface area contributed by atoms with Gasteiger partial charge in [-0.05, 0) is 37.1 Å². The first-order valence-corrected chi connectivity index (χ1v) is 7.64. The van der Waals surface area contributed by atoms with E-state index in [0.29, 0.717) is 0 Å². The molecule has 0 atom stereocenters. The van der Waals surface area contributed by atoms with Crippen molar-refractivity contribution in [1.82, 2.24) is 4.98 Å². The van der Waals surface area contributed by atoms with Gasteiger partial charge in [-0.15, -0.1) is 0 Å². The summed E-state index contributed by atoms with van der Waals surface area (Å²) in [5.41, 5.74) is 2.31. The second-order valence-electron chi connectivity index (χ2n) is 4.77. The molecule has 0 radical (unpaired) electrons. The average Bonchev–Trinajstić information content (AvgIpc) is 2.39. The highest BCUT2D eigenvalue weighted by Gasteiger charge is 2.01. The Morgan fingerprint density at radius 1 is 1.00 bits per heavy atom. The third kappa shape index (κ3) is 3.55. The number of aryl methyl sites for hydroxylation is 1. The SMILES string of the molecule is CCCCCCCc1ccc2c(Br)cccc2n1. The van der Waals surface area contributed by atoms with Gasteiger partial charge in [0.25, 0.3) is 0 Å². The Morgan fingerprint density at radius 2 is 1.83 bits per heavy atom. The second kappa shape index (κ2) is 6.89. The van der Waals surface area contributed by atoms with Gasteiger partial charge < -0.3 is 0 Å². The molecule has 0 N–H and O–H groups in total. The molecule has 0 saturated carbocycles. The summed E-state index contributed by atoms with van der Waals surface area (Å²) in [6.07, 6.45) is 7.71. The number of unbranched alkanes of at least 4 members (excludes halogenated alkanes) is 4. The van der Waals surface area contributed by atoms with Gasteiger partial charge in [0.15, 0.2) is 0 Å². The van der Waals surface area contributed by atoms with E-state index in [0.717, 1.165) is 16.4 Å². The normalized spacial score (nSPS) is 11.0. The molecule has 0 bridgehead atoms. The monoisotopic (exact) mass is 305 g/mol. The van der Waals surface area contributed by atoms with Gasteiger partial charge in [-0.3, -0.25) is 4.98 Å². The van der Waals surface area contributed by atoms with Crippen LogP contribution in [0, 0.1) is 0 Å². The fraction of sp³-hybridized carbons (Fsp3) is 0.438. The van der Waals surface area contributed by atoms with Crippen molar-refractivity contribution in [2.75, 3.05) is 0 Å². The molecule has 0 spiro atoms. The second-order valence-corrected chi connectivity index (χ2v) is 5.63. The molecule has 1 aromatic carbocycles. The highest BCUT2D eigenvalue weighted by molar-refractivity contribution is 9.10. The minimum atomic E-state index is 1.09. The molecule has 2 aromatic rings. The summed E-state index contributed by atoms with van der Waals surface area (Å²) in [7, 11) is 0. The molecule has 18 heavy (non-hydrogen) atoms. The summed E-state index contributed by atoms with van der Waals surface area (Å²) in [5, 5.41) is 1.20. The third-order valence-corrected chi connectivity index (χ3v) is 3.96. The minimum Gasteiger partial charge on any atom is -0.253 e. The lowest BCUT2D eigenvalue weighted by Crippen LogP contribution is -1.91. The Kier molecular flexibility index (Phi) is 5.18. The molecule has 0 saturated heterocycles. The molecule has 0 aliphatic carbocycles. The van der Waals surface area contributed by atoms with Crippen LogP contribution >= 0.6 is 15.9 Å². The lowest BCUT2D eigenvalue weighted by Gasteiger charge is -2.04. The van der Waals surface area contributed by atoms with Crippen molar-refractivity contribution in [3.05, 3.63) is 40.5 Å². The molecule has 96 valence electrons. The Morgan fingerprint density at radius 3 is 2.67 bits per heavy atom. The van der Waals surface area contributed by atoms with Crippen molar-refractivity contribution < 1.29 is 0 Å². The smallest absolute Gasteiger partial charge is 0.0716 e. The minimum absolute atomic E-state index is 1.09. The maximum Gasteiger partial charge on any atom is 0.0716 e. The zero-order valence-electron chi connectivity index (χ0n) is 11.0. The molecule has 0 aliphatic heterocycles. The molecule has 1 aromatic heterocycles. The van der Waals surface area contributed by atoms with Crippen molar-refractivity contribution in [3.63, 3.8) is 0 Å². The first kappa shape index (κ1) is 13.5. The molecule has 1 nitrogen and oxygen atoms in total. The van der Waals surface area contributed by atoms with E-state index in [1.807, 2.05) is 6.07 Å². The molecular formula is C16H20BrN. The number of fused-ring (bicyclic) bond motifs is 1. The number of hydrogen-bond donors (Lipinski definition) is 0.